The Hall–Kier alpha value is -0.910. The van der Waals surface area contributed by atoms with E-state index in [0.29, 0.717) is 17.5 Å². The van der Waals surface area contributed by atoms with Crippen LogP contribution in [0.2, 0.25) is 5.22 Å². The minimum atomic E-state index is 0.357. The van der Waals surface area contributed by atoms with Crippen LogP contribution in [0.1, 0.15) is 5.01 Å². The maximum absolute atomic E-state index is 5.65. The van der Waals surface area contributed by atoms with Gasteiger partial charge in [0.05, 0.1) is 0 Å². The molecule has 2 heterocycles. The van der Waals surface area contributed by atoms with E-state index in [-0.39, 0.29) is 0 Å². The quantitative estimate of drug-likeness (QED) is 0.874. The van der Waals surface area contributed by atoms with Crippen LogP contribution in [-0.4, -0.2) is 16.7 Å². The lowest BCUT2D eigenvalue weighted by Crippen LogP contribution is -2.01. The highest BCUT2D eigenvalue weighted by atomic mass is 35.5. The summed E-state index contributed by atoms with van der Waals surface area (Å²) in [5.41, 5.74) is 5.41. The van der Waals surface area contributed by atoms with Crippen molar-refractivity contribution in [2.24, 2.45) is 5.73 Å². The van der Waals surface area contributed by atoms with E-state index in [1.54, 1.807) is 12.1 Å². The lowest BCUT2D eigenvalue weighted by molar-refractivity contribution is 0.583. The van der Waals surface area contributed by atoms with Gasteiger partial charge in [0, 0.05) is 6.42 Å². The summed E-state index contributed by atoms with van der Waals surface area (Å²) in [6, 6.07) is 3.45. The predicted octanol–water partition coefficient (Wildman–Crippen LogP) is 1.95. The number of nitrogens with zero attached hydrogens (tertiary/aromatic N) is 2. The summed E-state index contributed by atoms with van der Waals surface area (Å²) < 4.78 is 5.20. The van der Waals surface area contributed by atoms with Crippen molar-refractivity contribution in [2.45, 2.75) is 6.42 Å². The van der Waals surface area contributed by atoms with Gasteiger partial charge in [-0.2, -0.15) is 0 Å². The monoisotopic (exact) mass is 229 g/mol. The van der Waals surface area contributed by atoms with Crippen molar-refractivity contribution < 1.29 is 4.42 Å². The molecule has 0 radical (unpaired) electrons. The van der Waals surface area contributed by atoms with E-state index in [4.69, 9.17) is 21.8 Å². The van der Waals surface area contributed by atoms with Crippen LogP contribution in [0, 0.1) is 0 Å². The van der Waals surface area contributed by atoms with Crippen LogP contribution in [0.5, 0.6) is 0 Å². The van der Waals surface area contributed by atoms with Gasteiger partial charge in [-0.05, 0) is 30.3 Å². The molecule has 2 aromatic rings. The maximum Gasteiger partial charge on any atom is 0.194 e. The van der Waals surface area contributed by atoms with Crippen molar-refractivity contribution in [1.29, 1.82) is 0 Å². The Morgan fingerprint density at radius 1 is 1.43 bits per heavy atom. The second-order valence-electron chi connectivity index (χ2n) is 2.64. The fourth-order valence-electron chi connectivity index (χ4n) is 1.01. The van der Waals surface area contributed by atoms with Gasteiger partial charge < -0.3 is 10.2 Å². The van der Waals surface area contributed by atoms with Crippen LogP contribution in [-0.2, 0) is 6.42 Å². The first-order valence-electron chi connectivity index (χ1n) is 4.08. The molecule has 0 saturated carbocycles. The Bertz CT molecular complexity index is 426. The van der Waals surface area contributed by atoms with Crippen molar-refractivity contribution in [3.05, 3.63) is 22.4 Å². The molecule has 0 aromatic carbocycles. The molecule has 2 aromatic heterocycles. The highest BCUT2D eigenvalue weighted by Crippen LogP contribution is 2.27. The highest BCUT2D eigenvalue weighted by molar-refractivity contribution is 7.14. The normalized spacial score (nSPS) is 10.7. The van der Waals surface area contributed by atoms with Crippen molar-refractivity contribution in [1.82, 2.24) is 10.2 Å². The SMILES string of the molecule is NCCc1nnc(-c2ccc(Cl)o2)s1. The Morgan fingerprint density at radius 3 is 2.93 bits per heavy atom. The minimum absolute atomic E-state index is 0.357. The van der Waals surface area contributed by atoms with Crippen LogP contribution in [0.15, 0.2) is 16.5 Å². The first kappa shape index (κ1) is 9.64. The van der Waals surface area contributed by atoms with Crippen molar-refractivity contribution >= 4 is 22.9 Å². The molecule has 0 bridgehead atoms. The van der Waals surface area contributed by atoms with E-state index in [0.717, 1.165) is 16.4 Å². The predicted molar refractivity (Wildman–Crippen MR) is 55.4 cm³/mol. The number of nitrogens with two attached hydrogens (primary N) is 1. The summed E-state index contributed by atoms with van der Waals surface area (Å²) in [4.78, 5) is 0. The first-order chi connectivity index (χ1) is 6.79. The summed E-state index contributed by atoms with van der Waals surface area (Å²) in [5, 5.41) is 9.96. The van der Waals surface area contributed by atoms with E-state index in [1.165, 1.54) is 11.3 Å². The first-order valence-corrected chi connectivity index (χ1v) is 5.27. The number of rotatable bonds is 3. The minimum Gasteiger partial charge on any atom is -0.442 e. The highest BCUT2D eigenvalue weighted by Gasteiger charge is 2.09. The zero-order chi connectivity index (χ0) is 9.97. The molecule has 2 rings (SSSR count). The average molecular weight is 230 g/mol. The van der Waals surface area contributed by atoms with E-state index >= 15 is 0 Å². The van der Waals surface area contributed by atoms with E-state index in [9.17, 15) is 0 Å². The van der Waals surface area contributed by atoms with Crippen LogP contribution >= 0.6 is 22.9 Å². The fraction of sp³-hybridized carbons (Fsp3) is 0.250. The molecule has 0 fully saturated rings. The molecule has 4 nitrogen and oxygen atoms in total. The van der Waals surface area contributed by atoms with Gasteiger partial charge in [0.15, 0.2) is 16.0 Å². The topological polar surface area (TPSA) is 64.9 Å². The molecule has 0 atom stereocenters. The number of halogens is 1. The lowest BCUT2D eigenvalue weighted by Gasteiger charge is -1.86. The van der Waals surface area contributed by atoms with Gasteiger partial charge in [-0.15, -0.1) is 10.2 Å². The molecule has 0 aliphatic rings. The molecule has 0 amide bonds. The summed E-state index contributed by atoms with van der Waals surface area (Å²) in [6.07, 6.45) is 0.742. The number of furan rings is 1. The third-order valence-electron chi connectivity index (χ3n) is 1.61. The molecule has 14 heavy (non-hydrogen) atoms. The van der Waals surface area contributed by atoms with Gasteiger partial charge in [0.1, 0.15) is 5.01 Å². The third kappa shape index (κ3) is 1.95. The largest absolute Gasteiger partial charge is 0.442 e. The smallest absolute Gasteiger partial charge is 0.194 e. The number of hydrogen-bond acceptors (Lipinski definition) is 5. The molecule has 0 aliphatic heterocycles. The molecule has 2 N–H and O–H groups in total. The van der Waals surface area contributed by atoms with Crippen molar-refractivity contribution in [3.63, 3.8) is 0 Å². The van der Waals surface area contributed by atoms with Gasteiger partial charge in [0.2, 0.25) is 0 Å². The average Bonchev–Trinajstić information content (AvgIpc) is 2.74. The summed E-state index contributed by atoms with van der Waals surface area (Å²) >= 11 is 7.12. The summed E-state index contributed by atoms with van der Waals surface area (Å²) in [5.74, 6) is 0.649. The molecule has 74 valence electrons. The Labute approximate surface area is 89.7 Å². The standard InChI is InChI=1S/C8H8ClN3OS/c9-6-2-1-5(13-6)8-12-11-7(14-8)3-4-10/h1-2H,3-4,10H2. The Kier molecular flexibility index (Phi) is 2.81. The summed E-state index contributed by atoms with van der Waals surface area (Å²) in [7, 11) is 0. The second-order valence-corrected chi connectivity index (χ2v) is 4.08. The molecule has 0 unspecified atom stereocenters. The summed E-state index contributed by atoms with van der Waals surface area (Å²) in [6.45, 7) is 0.577. The maximum atomic E-state index is 5.65. The van der Waals surface area contributed by atoms with Crippen LogP contribution in [0.3, 0.4) is 0 Å². The van der Waals surface area contributed by atoms with Gasteiger partial charge >= 0.3 is 0 Å². The third-order valence-corrected chi connectivity index (χ3v) is 2.81. The van der Waals surface area contributed by atoms with Crippen LogP contribution < -0.4 is 5.73 Å². The van der Waals surface area contributed by atoms with Crippen LogP contribution in [0.25, 0.3) is 10.8 Å². The van der Waals surface area contributed by atoms with Gasteiger partial charge in [-0.25, -0.2) is 0 Å². The molecule has 0 saturated heterocycles. The van der Waals surface area contributed by atoms with E-state index in [2.05, 4.69) is 10.2 Å². The fourth-order valence-corrected chi connectivity index (χ4v) is 1.97. The zero-order valence-electron chi connectivity index (χ0n) is 7.24. The van der Waals surface area contributed by atoms with E-state index < -0.39 is 0 Å². The van der Waals surface area contributed by atoms with Gasteiger partial charge in [0.25, 0.3) is 0 Å². The van der Waals surface area contributed by atoms with Crippen molar-refractivity contribution in [2.75, 3.05) is 6.54 Å². The van der Waals surface area contributed by atoms with Crippen LogP contribution in [0.4, 0.5) is 0 Å². The van der Waals surface area contributed by atoms with Gasteiger partial charge in [-0.3, -0.25) is 0 Å². The molecular weight excluding hydrogens is 222 g/mol. The second kappa shape index (κ2) is 4.08. The van der Waals surface area contributed by atoms with Crippen molar-refractivity contribution in [3.8, 4) is 10.8 Å². The zero-order valence-corrected chi connectivity index (χ0v) is 8.81. The lowest BCUT2D eigenvalue weighted by atomic mass is 10.5. The van der Waals surface area contributed by atoms with Gasteiger partial charge in [-0.1, -0.05) is 11.3 Å². The number of aromatic nitrogens is 2. The molecule has 0 aliphatic carbocycles. The molecular formula is C8H8ClN3OS. The van der Waals surface area contributed by atoms with E-state index in [1.807, 2.05) is 0 Å². The Balaban J connectivity index is 2.24. The molecule has 0 spiro atoms. The molecule has 6 heteroatoms. The Morgan fingerprint density at radius 2 is 2.29 bits per heavy atom. The number of hydrogen-bond donors (Lipinski definition) is 1.